The zero-order chi connectivity index (χ0) is 13.9. The molecule has 0 amide bonds. The number of aryl methyl sites for hydroxylation is 2. The first-order valence-corrected chi connectivity index (χ1v) is 7.54. The molecule has 0 bridgehead atoms. The minimum absolute atomic E-state index is 0.126. The fourth-order valence-corrected chi connectivity index (χ4v) is 3.76. The Hall–Kier alpha value is -0.920. The van der Waals surface area contributed by atoms with Crippen molar-refractivity contribution in [3.05, 3.63) is 11.4 Å². The lowest BCUT2D eigenvalue weighted by Gasteiger charge is -2.16. The highest BCUT2D eigenvalue weighted by Crippen LogP contribution is 2.19. The minimum Gasteiger partial charge on any atom is -0.330 e. The van der Waals surface area contributed by atoms with Crippen LogP contribution in [0.5, 0.6) is 0 Å². The average Bonchev–Trinajstić information content (AvgIpc) is 2.52. The van der Waals surface area contributed by atoms with Crippen molar-refractivity contribution in [3.8, 4) is 0 Å². The first-order valence-electron chi connectivity index (χ1n) is 6.06. The highest BCUT2D eigenvalue weighted by atomic mass is 32.2. The third-order valence-electron chi connectivity index (χ3n) is 3.04. The summed E-state index contributed by atoms with van der Waals surface area (Å²) in [6.07, 6.45) is 1.35. The SMILES string of the molecule is CCC(CCN)NS(=O)(=O)c1c(C)nn(C)c1C. The van der Waals surface area contributed by atoms with Gasteiger partial charge in [-0.3, -0.25) is 4.68 Å². The highest BCUT2D eigenvalue weighted by Gasteiger charge is 2.25. The molecule has 1 aromatic heterocycles. The van der Waals surface area contributed by atoms with Crippen LogP contribution in [0.2, 0.25) is 0 Å². The maximum Gasteiger partial charge on any atom is 0.244 e. The van der Waals surface area contributed by atoms with E-state index in [1.807, 2.05) is 6.92 Å². The molecule has 0 aliphatic heterocycles. The fraction of sp³-hybridized carbons (Fsp3) is 0.727. The summed E-state index contributed by atoms with van der Waals surface area (Å²) >= 11 is 0. The largest absolute Gasteiger partial charge is 0.330 e. The van der Waals surface area contributed by atoms with Crippen LogP contribution in [0.25, 0.3) is 0 Å². The van der Waals surface area contributed by atoms with Crippen molar-refractivity contribution < 1.29 is 8.42 Å². The molecule has 104 valence electrons. The summed E-state index contributed by atoms with van der Waals surface area (Å²) in [5.74, 6) is 0. The van der Waals surface area contributed by atoms with Gasteiger partial charge in [0.15, 0.2) is 0 Å². The van der Waals surface area contributed by atoms with E-state index in [1.54, 1.807) is 25.6 Å². The molecule has 1 heterocycles. The number of hydrogen-bond donors (Lipinski definition) is 2. The third kappa shape index (κ3) is 3.09. The Morgan fingerprint density at radius 1 is 1.44 bits per heavy atom. The van der Waals surface area contributed by atoms with Crippen molar-refractivity contribution in [2.45, 2.75) is 44.6 Å². The van der Waals surface area contributed by atoms with E-state index in [2.05, 4.69) is 9.82 Å². The molecule has 1 unspecified atom stereocenters. The monoisotopic (exact) mass is 274 g/mol. The molecule has 1 aromatic rings. The molecule has 1 atom stereocenters. The van der Waals surface area contributed by atoms with Gasteiger partial charge in [0.1, 0.15) is 4.90 Å². The second kappa shape index (κ2) is 5.81. The van der Waals surface area contributed by atoms with Gasteiger partial charge in [-0.15, -0.1) is 0 Å². The maximum atomic E-state index is 12.3. The van der Waals surface area contributed by atoms with E-state index in [-0.39, 0.29) is 10.9 Å². The summed E-state index contributed by atoms with van der Waals surface area (Å²) in [6, 6.07) is -0.126. The third-order valence-corrected chi connectivity index (χ3v) is 4.81. The van der Waals surface area contributed by atoms with Crippen molar-refractivity contribution in [2.24, 2.45) is 12.8 Å². The van der Waals surface area contributed by atoms with Gasteiger partial charge in [0.25, 0.3) is 0 Å². The van der Waals surface area contributed by atoms with Crippen LogP contribution in [0.4, 0.5) is 0 Å². The molecule has 3 N–H and O–H groups in total. The van der Waals surface area contributed by atoms with E-state index in [4.69, 9.17) is 5.73 Å². The van der Waals surface area contributed by atoms with Gasteiger partial charge in [-0.1, -0.05) is 6.92 Å². The van der Waals surface area contributed by atoms with E-state index in [0.717, 1.165) is 6.42 Å². The number of nitrogens with one attached hydrogen (secondary N) is 1. The number of rotatable bonds is 6. The lowest BCUT2D eigenvalue weighted by atomic mass is 10.2. The van der Waals surface area contributed by atoms with Gasteiger partial charge < -0.3 is 5.73 Å². The molecular formula is C11H22N4O2S. The van der Waals surface area contributed by atoms with E-state index in [1.165, 1.54) is 0 Å². The lowest BCUT2D eigenvalue weighted by molar-refractivity contribution is 0.520. The van der Waals surface area contributed by atoms with Crippen LogP contribution in [0.1, 0.15) is 31.2 Å². The van der Waals surface area contributed by atoms with Crippen molar-refractivity contribution >= 4 is 10.0 Å². The van der Waals surface area contributed by atoms with Crippen LogP contribution in [0.3, 0.4) is 0 Å². The number of nitrogens with zero attached hydrogens (tertiary/aromatic N) is 2. The normalized spacial score (nSPS) is 13.8. The molecule has 0 fully saturated rings. The van der Waals surface area contributed by atoms with Crippen LogP contribution >= 0.6 is 0 Å². The number of nitrogens with two attached hydrogens (primary N) is 1. The van der Waals surface area contributed by atoms with E-state index < -0.39 is 10.0 Å². The summed E-state index contributed by atoms with van der Waals surface area (Å²) in [4.78, 5) is 0.278. The van der Waals surface area contributed by atoms with Gasteiger partial charge in [0, 0.05) is 13.1 Å². The molecular weight excluding hydrogens is 252 g/mol. The van der Waals surface area contributed by atoms with E-state index in [0.29, 0.717) is 24.4 Å². The Bertz CT molecular complexity index is 507. The van der Waals surface area contributed by atoms with Crippen LogP contribution in [0, 0.1) is 13.8 Å². The van der Waals surface area contributed by atoms with Crippen molar-refractivity contribution in [1.29, 1.82) is 0 Å². The van der Waals surface area contributed by atoms with Gasteiger partial charge >= 0.3 is 0 Å². The number of sulfonamides is 1. The predicted octanol–water partition coefficient (Wildman–Crippen LogP) is 0.443. The first-order chi connectivity index (χ1) is 8.33. The first kappa shape index (κ1) is 15.1. The van der Waals surface area contributed by atoms with Gasteiger partial charge in [-0.2, -0.15) is 5.10 Å². The molecule has 7 heteroatoms. The van der Waals surface area contributed by atoms with Gasteiger partial charge in [0.05, 0.1) is 11.4 Å². The number of hydrogen-bond acceptors (Lipinski definition) is 4. The molecule has 0 saturated heterocycles. The lowest BCUT2D eigenvalue weighted by Crippen LogP contribution is -2.36. The summed E-state index contributed by atoms with van der Waals surface area (Å²) in [6.45, 7) is 5.85. The molecule has 0 radical (unpaired) electrons. The Labute approximate surface area is 109 Å². The van der Waals surface area contributed by atoms with Crippen LogP contribution in [-0.2, 0) is 17.1 Å². The Morgan fingerprint density at radius 3 is 2.44 bits per heavy atom. The van der Waals surface area contributed by atoms with E-state index >= 15 is 0 Å². The van der Waals surface area contributed by atoms with E-state index in [9.17, 15) is 8.42 Å². The fourth-order valence-electron chi connectivity index (χ4n) is 1.97. The standard InChI is InChI=1S/C11H22N4O2S/c1-5-10(6-7-12)14-18(16,17)11-8(2)13-15(4)9(11)3/h10,14H,5-7,12H2,1-4H3. The smallest absolute Gasteiger partial charge is 0.244 e. The topological polar surface area (TPSA) is 90.0 Å². The molecule has 0 aromatic carbocycles. The average molecular weight is 274 g/mol. The van der Waals surface area contributed by atoms with Crippen LogP contribution in [0.15, 0.2) is 4.90 Å². The Balaban J connectivity index is 3.06. The van der Waals surface area contributed by atoms with Crippen molar-refractivity contribution in [2.75, 3.05) is 6.54 Å². The molecule has 0 aliphatic carbocycles. The Morgan fingerprint density at radius 2 is 2.06 bits per heavy atom. The molecule has 0 spiro atoms. The molecule has 1 rings (SSSR count). The van der Waals surface area contributed by atoms with Gasteiger partial charge in [0.2, 0.25) is 10.0 Å². The van der Waals surface area contributed by atoms with Gasteiger partial charge in [-0.25, -0.2) is 13.1 Å². The molecule has 18 heavy (non-hydrogen) atoms. The molecule has 0 aliphatic rings. The van der Waals surface area contributed by atoms with Crippen LogP contribution < -0.4 is 10.5 Å². The molecule has 6 nitrogen and oxygen atoms in total. The number of aromatic nitrogens is 2. The minimum atomic E-state index is -3.52. The zero-order valence-electron chi connectivity index (χ0n) is 11.4. The summed E-state index contributed by atoms with van der Waals surface area (Å²) < 4.78 is 28.9. The summed E-state index contributed by atoms with van der Waals surface area (Å²) in [7, 11) is -1.79. The van der Waals surface area contributed by atoms with Crippen molar-refractivity contribution in [3.63, 3.8) is 0 Å². The zero-order valence-corrected chi connectivity index (χ0v) is 12.2. The molecule has 0 saturated carbocycles. The van der Waals surface area contributed by atoms with Crippen LogP contribution in [-0.4, -0.2) is 30.8 Å². The quantitative estimate of drug-likeness (QED) is 0.787. The second-order valence-electron chi connectivity index (χ2n) is 4.43. The predicted molar refractivity (Wildman–Crippen MR) is 70.8 cm³/mol. The maximum absolute atomic E-state index is 12.3. The summed E-state index contributed by atoms with van der Waals surface area (Å²) in [5.41, 5.74) is 6.64. The second-order valence-corrected chi connectivity index (χ2v) is 6.08. The van der Waals surface area contributed by atoms with Gasteiger partial charge in [-0.05, 0) is 33.2 Å². The Kier molecular flexibility index (Phi) is 4.89. The highest BCUT2D eigenvalue weighted by molar-refractivity contribution is 7.89. The summed E-state index contributed by atoms with van der Waals surface area (Å²) in [5, 5.41) is 4.13. The van der Waals surface area contributed by atoms with Crippen molar-refractivity contribution in [1.82, 2.24) is 14.5 Å².